The summed E-state index contributed by atoms with van der Waals surface area (Å²) in [4.78, 5) is 14.5. The van der Waals surface area contributed by atoms with Gasteiger partial charge in [0.05, 0.1) is 5.69 Å². The van der Waals surface area contributed by atoms with Gasteiger partial charge in [0.25, 0.3) is 5.91 Å². The molecule has 1 aliphatic heterocycles. The highest BCUT2D eigenvalue weighted by Crippen LogP contribution is 2.24. The van der Waals surface area contributed by atoms with Crippen molar-refractivity contribution in [1.82, 2.24) is 15.5 Å². The van der Waals surface area contributed by atoms with E-state index < -0.39 is 5.82 Å². The molecule has 0 spiro atoms. The first-order valence-corrected chi connectivity index (χ1v) is 9.21. The smallest absolute Gasteiger partial charge is 0.251 e. The van der Waals surface area contributed by atoms with Gasteiger partial charge in [0.15, 0.2) is 5.82 Å². The summed E-state index contributed by atoms with van der Waals surface area (Å²) >= 11 is 0. The molecule has 1 amide bonds. The molecule has 2 heterocycles. The Bertz CT molecular complexity index is 971. The van der Waals surface area contributed by atoms with Crippen molar-refractivity contribution >= 4 is 11.7 Å². The van der Waals surface area contributed by atoms with Crippen LogP contribution in [0.1, 0.15) is 23.2 Å². The lowest BCUT2D eigenvalue weighted by Gasteiger charge is -2.33. The van der Waals surface area contributed by atoms with Crippen molar-refractivity contribution in [3.8, 4) is 11.3 Å². The SMILES string of the molecule is O=C(NC1CCCN(c2cc(-c3ccc(F)cc3)[nH]n2)C1)c1cccc(F)c1. The van der Waals surface area contributed by atoms with Gasteiger partial charge in [-0.25, -0.2) is 8.78 Å². The summed E-state index contributed by atoms with van der Waals surface area (Å²) in [5, 5.41) is 10.3. The van der Waals surface area contributed by atoms with Crippen LogP contribution < -0.4 is 10.2 Å². The first-order chi connectivity index (χ1) is 13.6. The van der Waals surface area contributed by atoms with Crippen LogP contribution in [0.15, 0.2) is 54.6 Å². The van der Waals surface area contributed by atoms with Gasteiger partial charge < -0.3 is 10.2 Å². The second-order valence-corrected chi connectivity index (χ2v) is 6.92. The zero-order valence-corrected chi connectivity index (χ0v) is 15.2. The molecule has 1 aliphatic rings. The number of halogens is 2. The zero-order chi connectivity index (χ0) is 19.5. The number of aromatic nitrogens is 2. The third kappa shape index (κ3) is 4.03. The predicted octanol–water partition coefficient (Wildman–Crippen LogP) is 3.75. The van der Waals surface area contributed by atoms with Gasteiger partial charge in [-0.2, -0.15) is 5.10 Å². The Morgan fingerprint density at radius 3 is 2.71 bits per heavy atom. The van der Waals surface area contributed by atoms with E-state index in [0.29, 0.717) is 12.1 Å². The van der Waals surface area contributed by atoms with Crippen LogP contribution in [0.5, 0.6) is 0 Å². The monoisotopic (exact) mass is 382 g/mol. The second kappa shape index (κ2) is 7.80. The van der Waals surface area contributed by atoms with Gasteiger partial charge in [-0.3, -0.25) is 9.89 Å². The van der Waals surface area contributed by atoms with Gasteiger partial charge >= 0.3 is 0 Å². The number of anilines is 1. The maximum absolute atomic E-state index is 13.3. The van der Waals surface area contributed by atoms with Crippen LogP contribution in [-0.2, 0) is 0 Å². The van der Waals surface area contributed by atoms with Crippen molar-refractivity contribution < 1.29 is 13.6 Å². The molecule has 2 N–H and O–H groups in total. The maximum atomic E-state index is 13.3. The number of hydrogen-bond donors (Lipinski definition) is 2. The van der Waals surface area contributed by atoms with E-state index in [0.717, 1.165) is 36.5 Å². The maximum Gasteiger partial charge on any atom is 0.251 e. The second-order valence-electron chi connectivity index (χ2n) is 6.92. The number of amides is 1. The first kappa shape index (κ1) is 18.2. The van der Waals surface area contributed by atoms with Crippen molar-refractivity contribution in [2.75, 3.05) is 18.0 Å². The minimum atomic E-state index is -0.428. The lowest BCUT2D eigenvalue weighted by molar-refractivity contribution is 0.0932. The summed E-state index contributed by atoms with van der Waals surface area (Å²) in [6.07, 6.45) is 1.76. The van der Waals surface area contributed by atoms with E-state index in [4.69, 9.17) is 0 Å². The number of hydrogen-bond acceptors (Lipinski definition) is 3. The Morgan fingerprint density at radius 2 is 1.93 bits per heavy atom. The molecule has 28 heavy (non-hydrogen) atoms. The average molecular weight is 382 g/mol. The molecule has 0 aliphatic carbocycles. The summed E-state index contributed by atoms with van der Waals surface area (Å²) in [7, 11) is 0. The largest absolute Gasteiger partial charge is 0.353 e. The van der Waals surface area contributed by atoms with Crippen LogP contribution in [0, 0.1) is 11.6 Å². The average Bonchev–Trinajstić information content (AvgIpc) is 3.19. The predicted molar refractivity (Wildman–Crippen MR) is 103 cm³/mol. The topological polar surface area (TPSA) is 61.0 Å². The number of nitrogens with zero attached hydrogens (tertiary/aromatic N) is 2. The van der Waals surface area contributed by atoms with Gasteiger partial charge in [0, 0.05) is 30.8 Å². The van der Waals surface area contributed by atoms with E-state index in [2.05, 4.69) is 20.4 Å². The summed E-state index contributed by atoms with van der Waals surface area (Å²) in [6, 6.07) is 13.8. The van der Waals surface area contributed by atoms with Crippen molar-refractivity contribution in [3.63, 3.8) is 0 Å². The molecule has 0 bridgehead atoms. The molecule has 1 saturated heterocycles. The number of nitrogens with one attached hydrogen (secondary N) is 2. The molecular weight excluding hydrogens is 362 g/mol. The van der Waals surface area contributed by atoms with E-state index >= 15 is 0 Å². The highest BCUT2D eigenvalue weighted by molar-refractivity contribution is 5.94. The Kier molecular flexibility index (Phi) is 5.06. The minimum absolute atomic E-state index is 0.0458. The third-order valence-corrected chi connectivity index (χ3v) is 4.89. The van der Waals surface area contributed by atoms with E-state index in [1.807, 2.05) is 6.07 Å². The highest BCUT2D eigenvalue weighted by Gasteiger charge is 2.23. The van der Waals surface area contributed by atoms with E-state index in [1.165, 1.54) is 30.3 Å². The molecule has 7 heteroatoms. The molecule has 0 radical (unpaired) electrons. The minimum Gasteiger partial charge on any atom is -0.353 e. The fourth-order valence-corrected chi connectivity index (χ4v) is 3.45. The van der Waals surface area contributed by atoms with Crippen LogP contribution >= 0.6 is 0 Å². The molecular formula is C21H20F2N4O. The molecule has 144 valence electrons. The number of H-pyrrole nitrogens is 1. The third-order valence-electron chi connectivity index (χ3n) is 4.89. The van der Waals surface area contributed by atoms with Crippen molar-refractivity contribution in [1.29, 1.82) is 0 Å². The van der Waals surface area contributed by atoms with Crippen LogP contribution in [0.2, 0.25) is 0 Å². The van der Waals surface area contributed by atoms with Gasteiger partial charge in [-0.1, -0.05) is 6.07 Å². The van der Waals surface area contributed by atoms with Crippen molar-refractivity contribution in [2.45, 2.75) is 18.9 Å². The van der Waals surface area contributed by atoms with Crippen LogP contribution in [-0.4, -0.2) is 35.2 Å². The highest BCUT2D eigenvalue weighted by atomic mass is 19.1. The summed E-state index contributed by atoms with van der Waals surface area (Å²) in [5.74, 6) is -0.205. The lowest BCUT2D eigenvalue weighted by atomic mass is 10.0. The molecule has 0 saturated carbocycles. The zero-order valence-electron chi connectivity index (χ0n) is 15.2. The molecule has 1 fully saturated rings. The Morgan fingerprint density at radius 1 is 1.11 bits per heavy atom. The van der Waals surface area contributed by atoms with E-state index in [1.54, 1.807) is 18.2 Å². The lowest BCUT2D eigenvalue weighted by Crippen LogP contribution is -2.48. The van der Waals surface area contributed by atoms with E-state index in [-0.39, 0.29) is 17.8 Å². The molecule has 3 aromatic rings. The van der Waals surface area contributed by atoms with Gasteiger partial charge in [0.1, 0.15) is 11.6 Å². The first-order valence-electron chi connectivity index (χ1n) is 9.21. The normalized spacial score (nSPS) is 16.8. The number of carbonyl (C=O) groups is 1. The van der Waals surface area contributed by atoms with Crippen LogP contribution in [0.3, 0.4) is 0 Å². The molecule has 1 unspecified atom stereocenters. The molecule has 4 rings (SSSR count). The van der Waals surface area contributed by atoms with Gasteiger partial charge in [-0.05, 0) is 60.9 Å². The summed E-state index contributed by atoms with van der Waals surface area (Å²) in [6.45, 7) is 1.45. The number of piperidine rings is 1. The molecule has 2 aromatic carbocycles. The van der Waals surface area contributed by atoms with Gasteiger partial charge in [-0.15, -0.1) is 0 Å². The fourth-order valence-electron chi connectivity index (χ4n) is 3.45. The van der Waals surface area contributed by atoms with Gasteiger partial charge in [0.2, 0.25) is 0 Å². The number of carbonyl (C=O) groups excluding carboxylic acids is 1. The molecule has 1 atom stereocenters. The summed E-state index contributed by atoms with van der Waals surface area (Å²) in [5.41, 5.74) is 1.98. The Hall–Kier alpha value is -3.22. The number of benzene rings is 2. The summed E-state index contributed by atoms with van der Waals surface area (Å²) < 4.78 is 26.4. The quantitative estimate of drug-likeness (QED) is 0.722. The molecule has 1 aromatic heterocycles. The van der Waals surface area contributed by atoms with Crippen LogP contribution in [0.25, 0.3) is 11.3 Å². The van der Waals surface area contributed by atoms with Crippen molar-refractivity contribution in [3.05, 3.63) is 71.8 Å². The van der Waals surface area contributed by atoms with E-state index in [9.17, 15) is 13.6 Å². The Balaban J connectivity index is 1.42. The molecule has 5 nitrogen and oxygen atoms in total. The fraction of sp³-hybridized carbons (Fsp3) is 0.238. The number of aromatic amines is 1. The van der Waals surface area contributed by atoms with Crippen molar-refractivity contribution in [2.24, 2.45) is 0 Å². The van der Waals surface area contributed by atoms with Crippen LogP contribution in [0.4, 0.5) is 14.6 Å². The number of rotatable bonds is 4. The Labute approximate surface area is 161 Å². The standard InChI is InChI=1S/C21H20F2N4O/c22-16-8-6-14(7-9-16)19-12-20(26-25-19)27-10-2-5-18(13-27)24-21(28)15-3-1-4-17(23)11-15/h1,3-4,6-9,11-12,18H,2,5,10,13H2,(H,24,28)(H,25,26).